The summed E-state index contributed by atoms with van der Waals surface area (Å²) in [5.41, 5.74) is 2.56. The first-order valence-corrected chi connectivity index (χ1v) is 7.65. The lowest BCUT2D eigenvalue weighted by Crippen LogP contribution is -2.35. The van der Waals surface area contributed by atoms with Crippen molar-refractivity contribution in [2.45, 2.75) is 6.92 Å². The van der Waals surface area contributed by atoms with E-state index in [0.29, 0.717) is 16.8 Å². The number of Topliss-reactive ketones (excluding diaryl/α,β-unsaturated/α-hetero) is 1. The van der Waals surface area contributed by atoms with Crippen LogP contribution >= 0.6 is 0 Å². The minimum Gasteiger partial charge on any atom is -0.395 e. The highest BCUT2D eigenvalue weighted by Gasteiger charge is 2.15. The van der Waals surface area contributed by atoms with E-state index in [4.69, 9.17) is 10.2 Å². The van der Waals surface area contributed by atoms with Gasteiger partial charge in [0.1, 0.15) is 0 Å². The summed E-state index contributed by atoms with van der Waals surface area (Å²) in [6.07, 6.45) is 1.53. The van der Waals surface area contributed by atoms with Crippen LogP contribution in [-0.4, -0.2) is 58.1 Å². The molecule has 1 amide bonds. The number of aliphatic hydroxyl groups is 2. The molecule has 0 bridgehead atoms. The normalized spacial score (nSPS) is 10.5. The van der Waals surface area contributed by atoms with Crippen LogP contribution < -0.4 is 0 Å². The fourth-order valence-corrected chi connectivity index (χ4v) is 2.30. The Morgan fingerprint density at radius 2 is 1.54 bits per heavy atom. The molecule has 0 radical (unpaired) electrons. The first-order valence-electron chi connectivity index (χ1n) is 7.65. The van der Waals surface area contributed by atoms with Crippen LogP contribution in [0.5, 0.6) is 0 Å². The van der Waals surface area contributed by atoms with Gasteiger partial charge in [-0.25, -0.2) is 0 Å². The zero-order valence-electron chi connectivity index (χ0n) is 13.5. The maximum atomic E-state index is 12.3. The molecule has 1 heterocycles. The van der Waals surface area contributed by atoms with Crippen molar-refractivity contribution in [1.82, 2.24) is 9.88 Å². The summed E-state index contributed by atoms with van der Waals surface area (Å²) in [5, 5.41) is 18.0. The van der Waals surface area contributed by atoms with Crippen molar-refractivity contribution in [3.05, 3.63) is 53.7 Å². The Morgan fingerprint density at radius 1 is 0.958 bits per heavy atom. The molecule has 2 aromatic rings. The quantitative estimate of drug-likeness (QED) is 0.749. The number of amides is 1. The van der Waals surface area contributed by atoms with E-state index in [1.165, 1.54) is 18.0 Å². The molecule has 6 heteroatoms. The van der Waals surface area contributed by atoms with Crippen molar-refractivity contribution >= 4 is 11.7 Å². The van der Waals surface area contributed by atoms with Crippen LogP contribution in [0.1, 0.15) is 27.6 Å². The molecule has 0 aliphatic rings. The number of hydrogen-bond donors (Lipinski definition) is 2. The average molecular weight is 328 g/mol. The van der Waals surface area contributed by atoms with Gasteiger partial charge in [-0.2, -0.15) is 0 Å². The van der Waals surface area contributed by atoms with Crippen LogP contribution in [0, 0.1) is 0 Å². The number of carbonyl (C=O) groups is 2. The highest BCUT2D eigenvalue weighted by Crippen LogP contribution is 2.18. The van der Waals surface area contributed by atoms with Gasteiger partial charge in [-0.3, -0.25) is 14.6 Å². The number of carbonyl (C=O) groups excluding carboxylic acids is 2. The zero-order chi connectivity index (χ0) is 17.5. The summed E-state index contributed by atoms with van der Waals surface area (Å²) < 4.78 is 0. The Labute approximate surface area is 140 Å². The number of aliphatic hydroxyl groups excluding tert-OH is 2. The Morgan fingerprint density at radius 3 is 2.00 bits per heavy atom. The molecular weight excluding hydrogens is 308 g/mol. The Hall–Kier alpha value is -2.57. The maximum absolute atomic E-state index is 12.3. The lowest BCUT2D eigenvalue weighted by atomic mass is 10.1. The third-order valence-corrected chi connectivity index (χ3v) is 3.62. The molecule has 2 N–H and O–H groups in total. The number of nitrogens with zero attached hydrogens (tertiary/aromatic N) is 2. The summed E-state index contributed by atoms with van der Waals surface area (Å²) in [6.45, 7) is 1.53. The zero-order valence-corrected chi connectivity index (χ0v) is 13.5. The SMILES string of the molecule is CC(=O)c1ccc(-c2ccc(C(=O)N(CCO)CCO)cc2)nc1. The molecule has 0 atom stereocenters. The molecule has 1 aromatic heterocycles. The molecule has 2 rings (SSSR count). The van der Waals surface area contributed by atoms with Crippen LogP contribution in [0.15, 0.2) is 42.6 Å². The average Bonchev–Trinajstić information content (AvgIpc) is 2.61. The van der Waals surface area contributed by atoms with Crippen LogP contribution in [0.3, 0.4) is 0 Å². The van der Waals surface area contributed by atoms with Gasteiger partial charge in [-0.05, 0) is 31.2 Å². The van der Waals surface area contributed by atoms with E-state index in [2.05, 4.69) is 4.98 Å². The van der Waals surface area contributed by atoms with Gasteiger partial charge in [0, 0.05) is 36.0 Å². The summed E-state index contributed by atoms with van der Waals surface area (Å²) in [4.78, 5) is 29.3. The second-order valence-electron chi connectivity index (χ2n) is 5.31. The largest absolute Gasteiger partial charge is 0.395 e. The van der Waals surface area contributed by atoms with Gasteiger partial charge in [-0.1, -0.05) is 12.1 Å². The van der Waals surface area contributed by atoms with Gasteiger partial charge >= 0.3 is 0 Å². The van der Waals surface area contributed by atoms with E-state index in [1.54, 1.807) is 36.4 Å². The molecule has 0 fully saturated rings. The molecule has 0 saturated heterocycles. The van der Waals surface area contributed by atoms with Gasteiger partial charge in [-0.15, -0.1) is 0 Å². The summed E-state index contributed by atoms with van der Waals surface area (Å²) in [6, 6.07) is 10.4. The van der Waals surface area contributed by atoms with Crippen LogP contribution in [0.4, 0.5) is 0 Å². The van der Waals surface area contributed by atoms with Gasteiger partial charge in [0.15, 0.2) is 5.78 Å². The van der Waals surface area contributed by atoms with Crippen LogP contribution in [0.25, 0.3) is 11.3 Å². The van der Waals surface area contributed by atoms with Crippen molar-refractivity contribution in [3.8, 4) is 11.3 Å². The molecule has 0 aliphatic heterocycles. The number of ketones is 1. The monoisotopic (exact) mass is 328 g/mol. The van der Waals surface area contributed by atoms with Gasteiger partial charge in [0.25, 0.3) is 5.91 Å². The first kappa shape index (κ1) is 17.8. The minimum atomic E-state index is -0.246. The fraction of sp³-hybridized carbons (Fsp3) is 0.278. The molecule has 0 saturated carbocycles. The van der Waals surface area contributed by atoms with Crippen molar-refractivity contribution in [3.63, 3.8) is 0 Å². The van der Waals surface area contributed by atoms with Crippen molar-refractivity contribution in [1.29, 1.82) is 0 Å². The van der Waals surface area contributed by atoms with E-state index in [1.807, 2.05) is 0 Å². The molecule has 0 spiro atoms. The highest BCUT2D eigenvalue weighted by atomic mass is 16.3. The van der Waals surface area contributed by atoms with Crippen LogP contribution in [0.2, 0.25) is 0 Å². The summed E-state index contributed by atoms with van der Waals surface area (Å²) >= 11 is 0. The number of aromatic nitrogens is 1. The highest BCUT2D eigenvalue weighted by molar-refractivity contribution is 5.95. The molecular formula is C18H20N2O4. The number of pyridine rings is 1. The first-order chi connectivity index (χ1) is 11.6. The maximum Gasteiger partial charge on any atom is 0.254 e. The number of benzene rings is 1. The van der Waals surface area contributed by atoms with Crippen molar-refractivity contribution in [2.75, 3.05) is 26.3 Å². The van der Waals surface area contributed by atoms with E-state index in [-0.39, 0.29) is 38.0 Å². The molecule has 126 valence electrons. The molecule has 1 aromatic carbocycles. The Kier molecular flexibility index (Phi) is 6.17. The van der Waals surface area contributed by atoms with E-state index >= 15 is 0 Å². The minimum absolute atomic E-state index is 0.0390. The van der Waals surface area contributed by atoms with Gasteiger partial charge in [0.2, 0.25) is 0 Å². The van der Waals surface area contributed by atoms with Crippen LogP contribution in [-0.2, 0) is 0 Å². The lowest BCUT2D eigenvalue weighted by Gasteiger charge is -2.20. The number of rotatable bonds is 7. The third-order valence-electron chi connectivity index (χ3n) is 3.62. The Bertz CT molecular complexity index is 690. The summed E-state index contributed by atoms with van der Waals surface area (Å²) in [5.74, 6) is -0.285. The predicted molar refractivity (Wildman–Crippen MR) is 89.8 cm³/mol. The smallest absolute Gasteiger partial charge is 0.254 e. The van der Waals surface area contributed by atoms with Gasteiger partial charge in [0.05, 0.1) is 18.9 Å². The van der Waals surface area contributed by atoms with Crippen molar-refractivity contribution in [2.24, 2.45) is 0 Å². The molecule has 0 unspecified atom stereocenters. The third kappa shape index (κ3) is 4.24. The predicted octanol–water partition coefficient (Wildman–Crippen LogP) is 1.38. The van der Waals surface area contributed by atoms with E-state index in [9.17, 15) is 9.59 Å². The van der Waals surface area contributed by atoms with Crippen molar-refractivity contribution < 1.29 is 19.8 Å². The fourth-order valence-electron chi connectivity index (χ4n) is 2.30. The lowest BCUT2D eigenvalue weighted by molar-refractivity contribution is 0.0684. The molecule has 24 heavy (non-hydrogen) atoms. The topological polar surface area (TPSA) is 90.7 Å². The standard InChI is InChI=1S/C18H20N2O4/c1-13(23)16-6-7-17(19-12-16)14-2-4-15(5-3-14)18(24)20(8-10-21)9-11-22/h2-7,12,21-22H,8-11H2,1H3. The van der Waals surface area contributed by atoms with Gasteiger partial charge < -0.3 is 15.1 Å². The van der Waals surface area contributed by atoms with E-state index in [0.717, 1.165) is 5.56 Å². The summed E-state index contributed by atoms with van der Waals surface area (Å²) in [7, 11) is 0. The molecule has 6 nitrogen and oxygen atoms in total. The number of hydrogen-bond acceptors (Lipinski definition) is 5. The second-order valence-corrected chi connectivity index (χ2v) is 5.31. The second kappa shape index (κ2) is 8.33. The Balaban J connectivity index is 2.17. The molecule has 0 aliphatic carbocycles. The van der Waals surface area contributed by atoms with E-state index < -0.39 is 0 Å².